The molecule has 1 fully saturated rings. The first-order valence-corrected chi connectivity index (χ1v) is 6.97. The van der Waals surface area contributed by atoms with Crippen LogP contribution in [0.4, 0.5) is 4.39 Å². The highest BCUT2D eigenvalue weighted by molar-refractivity contribution is 7.99. The van der Waals surface area contributed by atoms with Gasteiger partial charge < -0.3 is 5.73 Å². The van der Waals surface area contributed by atoms with Crippen molar-refractivity contribution in [1.82, 2.24) is 20.2 Å². The molecule has 2 aromatic rings. The van der Waals surface area contributed by atoms with Crippen LogP contribution in [-0.4, -0.2) is 20.2 Å². The smallest absolute Gasteiger partial charge is 0.214 e. The minimum atomic E-state index is -0.279. The summed E-state index contributed by atoms with van der Waals surface area (Å²) in [5.74, 6) is -0.279. The highest BCUT2D eigenvalue weighted by Gasteiger charge is 2.28. The molecule has 1 aromatic carbocycles. The number of benzene rings is 1. The normalized spacial score (nSPS) is 16.6. The number of hydrogen-bond donors (Lipinski definition) is 1. The van der Waals surface area contributed by atoms with E-state index in [1.807, 2.05) is 11.6 Å². The largest absolute Gasteiger partial charge is 0.324 e. The van der Waals surface area contributed by atoms with Gasteiger partial charge in [-0.05, 0) is 65.7 Å². The van der Waals surface area contributed by atoms with Crippen LogP contribution in [0.1, 0.15) is 37.4 Å². The van der Waals surface area contributed by atoms with Crippen molar-refractivity contribution in [3.63, 3.8) is 0 Å². The highest BCUT2D eigenvalue weighted by atomic mass is 32.2. The van der Waals surface area contributed by atoms with E-state index in [9.17, 15) is 4.39 Å². The molecule has 1 aliphatic carbocycles. The van der Waals surface area contributed by atoms with Crippen LogP contribution in [0.5, 0.6) is 0 Å². The molecule has 1 aliphatic rings. The number of halogens is 1. The molecule has 0 saturated heterocycles. The van der Waals surface area contributed by atoms with Crippen molar-refractivity contribution in [3.05, 3.63) is 29.6 Å². The van der Waals surface area contributed by atoms with E-state index in [-0.39, 0.29) is 11.9 Å². The number of nitrogens with zero attached hydrogens (tertiary/aromatic N) is 4. The zero-order chi connectivity index (χ0) is 13.4. The van der Waals surface area contributed by atoms with Crippen molar-refractivity contribution in [1.29, 1.82) is 0 Å². The first kappa shape index (κ1) is 12.6. The minimum Gasteiger partial charge on any atom is -0.324 e. The Bertz CT molecular complexity index is 594. The molecule has 3 rings (SSSR count). The Hall–Kier alpha value is -1.47. The Labute approximate surface area is 114 Å². The average Bonchev–Trinajstić information content (AvgIpc) is 3.12. The molecule has 0 amide bonds. The van der Waals surface area contributed by atoms with Gasteiger partial charge in [-0.15, -0.1) is 5.10 Å². The van der Waals surface area contributed by atoms with Crippen LogP contribution < -0.4 is 5.73 Å². The van der Waals surface area contributed by atoms with Crippen LogP contribution in [0.25, 0.3) is 0 Å². The van der Waals surface area contributed by atoms with Crippen molar-refractivity contribution in [2.75, 3.05) is 0 Å². The lowest BCUT2D eigenvalue weighted by Gasteiger charge is -2.12. The van der Waals surface area contributed by atoms with Gasteiger partial charge in [-0.2, -0.15) is 0 Å². The van der Waals surface area contributed by atoms with Gasteiger partial charge in [0.1, 0.15) is 5.82 Å². The lowest BCUT2D eigenvalue weighted by atomic mass is 10.1. The molecule has 1 atom stereocenters. The molecule has 0 spiro atoms. The fourth-order valence-electron chi connectivity index (χ4n) is 1.87. The first-order chi connectivity index (χ1) is 9.15. The summed E-state index contributed by atoms with van der Waals surface area (Å²) in [7, 11) is 0. The van der Waals surface area contributed by atoms with Crippen LogP contribution in [0.15, 0.2) is 28.3 Å². The van der Waals surface area contributed by atoms with Gasteiger partial charge >= 0.3 is 0 Å². The van der Waals surface area contributed by atoms with E-state index in [0.29, 0.717) is 6.04 Å². The number of rotatable bonds is 4. The van der Waals surface area contributed by atoms with Gasteiger partial charge in [0.15, 0.2) is 0 Å². The lowest BCUT2D eigenvalue weighted by molar-refractivity contribution is 0.565. The first-order valence-electron chi connectivity index (χ1n) is 6.16. The molecule has 0 aliphatic heterocycles. The lowest BCUT2D eigenvalue weighted by Crippen LogP contribution is -2.07. The maximum atomic E-state index is 13.3. The summed E-state index contributed by atoms with van der Waals surface area (Å²) < 4.78 is 15.1. The maximum absolute atomic E-state index is 13.3. The Morgan fingerprint density at radius 1 is 1.47 bits per heavy atom. The topological polar surface area (TPSA) is 69.6 Å². The number of hydrogen-bond acceptors (Lipinski definition) is 5. The quantitative estimate of drug-likeness (QED) is 0.930. The van der Waals surface area contributed by atoms with E-state index in [0.717, 1.165) is 28.5 Å². The summed E-state index contributed by atoms with van der Waals surface area (Å²) in [6.45, 7) is 1.84. The predicted molar refractivity (Wildman–Crippen MR) is 69.2 cm³/mol. The fraction of sp³-hybridized carbons (Fsp3) is 0.417. The summed E-state index contributed by atoms with van der Waals surface area (Å²) in [6, 6.07) is 4.81. The summed E-state index contributed by atoms with van der Waals surface area (Å²) in [5, 5.41) is 12.5. The van der Waals surface area contributed by atoms with E-state index in [1.54, 1.807) is 6.07 Å². The van der Waals surface area contributed by atoms with Gasteiger partial charge in [0.2, 0.25) is 5.16 Å². The zero-order valence-corrected chi connectivity index (χ0v) is 11.3. The monoisotopic (exact) mass is 279 g/mol. The fourth-order valence-corrected chi connectivity index (χ4v) is 2.92. The highest BCUT2D eigenvalue weighted by Crippen LogP contribution is 2.39. The van der Waals surface area contributed by atoms with Gasteiger partial charge in [-0.1, -0.05) is 0 Å². The Kier molecular flexibility index (Phi) is 3.24. The third-order valence-electron chi connectivity index (χ3n) is 3.02. The van der Waals surface area contributed by atoms with Crippen LogP contribution in [0, 0.1) is 5.82 Å². The minimum absolute atomic E-state index is 0.233. The summed E-state index contributed by atoms with van der Waals surface area (Å²) in [4.78, 5) is 0.896. The molecule has 1 aromatic heterocycles. The standard InChI is InChI=1S/C12H14FN5S/c1-7(14)10-6-8(13)2-5-11(10)19-12-15-16-17-18(12)9-3-4-9/h2,5-7,9H,3-4,14H2,1H3/t7-/m0/s1. The Balaban J connectivity index is 1.92. The molecule has 100 valence electrons. The van der Waals surface area contributed by atoms with Crippen LogP contribution in [-0.2, 0) is 0 Å². The molecule has 7 heteroatoms. The van der Waals surface area contributed by atoms with Crippen LogP contribution >= 0.6 is 11.8 Å². The summed E-state index contributed by atoms with van der Waals surface area (Å²) >= 11 is 1.43. The number of aromatic nitrogens is 4. The molecule has 0 bridgehead atoms. The van der Waals surface area contributed by atoms with E-state index < -0.39 is 0 Å². The van der Waals surface area contributed by atoms with E-state index >= 15 is 0 Å². The van der Waals surface area contributed by atoms with E-state index in [4.69, 9.17) is 5.73 Å². The number of nitrogens with two attached hydrogens (primary N) is 1. The van der Waals surface area contributed by atoms with Gasteiger partial charge in [0, 0.05) is 10.9 Å². The molecular weight excluding hydrogens is 265 g/mol. The molecule has 2 N–H and O–H groups in total. The zero-order valence-electron chi connectivity index (χ0n) is 10.5. The van der Waals surface area contributed by atoms with Gasteiger partial charge in [0.25, 0.3) is 0 Å². The maximum Gasteiger partial charge on any atom is 0.214 e. The molecule has 5 nitrogen and oxygen atoms in total. The Morgan fingerprint density at radius 2 is 2.26 bits per heavy atom. The molecule has 19 heavy (non-hydrogen) atoms. The van der Waals surface area contributed by atoms with E-state index in [1.165, 1.54) is 23.9 Å². The Morgan fingerprint density at radius 3 is 2.95 bits per heavy atom. The van der Waals surface area contributed by atoms with Crippen molar-refractivity contribution in [2.45, 2.75) is 41.9 Å². The second-order valence-electron chi connectivity index (χ2n) is 4.71. The molecule has 0 radical (unpaired) electrons. The van der Waals surface area contributed by atoms with Gasteiger partial charge in [-0.25, -0.2) is 9.07 Å². The second kappa shape index (κ2) is 4.90. The third kappa shape index (κ3) is 2.62. The third-order valence-corrected chi connectivity index (χ3v) is 4.06. The van der Waals surface area contributed by atoms with Gasteiger partial charge in [0.05, 0.1) is 6.04 Å². The van der Waals surface area contributed by atoms with Gasteiger partial charge in [-0.3, -0.25) is 0 Å². The second-order valence-corrected chi connectivity index (χ2v) is 5.72. The van der Waals surface area contributed by atoms with Crippen LogP contribution in [0.2, 0.25) is 0 Å². The van der Waals surface area contributed by atoms with Crippen molar-refractivity contribution >= 4 is 11.8 Å². The molecular formula is C12H14FN5S. The van der Waals surface area contributed by atoms with Crippen LogP contribution in [0.3, 0.4) is 0 Å². The molecule has 0 unspecified atom stereocenters. The predicted octanol–water partition coefficient (Wildman–Crippen LogP) is 2.32. The van der Waals surface area contributed by atoms with Crippen molar-refractivity contribution in [2.24, 2.45) is 5.73 Å². The van der Waals surface area contributed by atoms with E-state index in [2.05, 4.69) is 15.5 Å². The molecule has 1 saturated carbocycles. The average molecular weight is 279 g/mol. The molecule has 1 heterocycles. The van der Waals surface area contributed by atoms with Crippen molar-refractivity contribution < 1.29 is 4.39 Å². The number of tetrazole rings is 1. The van der Waals surface area contributed by atoms with Crippen molar-refractivity contribution in [3.8, 4) is 0 Å². The SMILES string of the molecule is C[C@H](N)c1cc(F)ccc1Sc1nnnn1C1CC1. The summed E-state index contributed by atoms with van der Waals surface area (Å²) in [5.41, 5.74) is 6.66. The summed E-state index contributed by atoms with van der Waals surface area (Å²) in [6.07, 6.45) is 2.23.